The van der Waals surface area contributed by atoms with Crippen molar-refractivity contribution < 1.29 is 4.92 Å². The van der Waals surface area contributed by atoms with Crippen LogP contribution in [0.3, 0.4) is 0 Å². The van der Waals surface area contributed by atoms with Gasteiger partial charge in [0.05, 0.1) is 4.92 Å². The van der Waals surface area contributed by atoms with Gasteiger partial charge in [0.1, 0.15) is 5.69 Å². The van der Waals surface area contributed by atoms with Crippen molar-refractivity contribution >= 4 is 23.0 Å². The van der Waals surface area contributed by atoms with Crippen LogP contribution in [0.4, 0.5) is 11.4 Å². The smallest absolute Gasteiger partial charge is 0.292 e. The topological polar surface area (TPSA) is 46.4 Å². The van der Waals surface area contributed by atoms with E-state index in [-0.39, 0.29) is 5.69 Å². The Hall–Kier alpha value is -1.29. The predicted molar refractivity (Wildman–Crippen MR) is 52.4 cm³/mol. The number of nitro benzene ring substituents is 1. The van der Waals surface area contributed by atoms with Crippen molar-refractivity contribution in [3.63, 3.8) is 0 Å². The maximum absolute atomic E-state index is 10.6. The number of nitrogens with zero attached hydrogens (tertiary/aromatic N) is 2. The van der Waals surface area contributed by atoms with Crippen LogP contribution >= 0.6 is 11.6 Å². The van der Waals surface area contributed by atoms with Gasteiger partial charge in [-0.15, -0.1) is 0 Å². The van der Waals surface area contributed by atoms with Crippen LogP contribution in [0.15, 0.2) is 18.2 Å². The van der Waals surface area contributed by atoms with Gasteiger partial charge in [-0.1, -0.05) is 11.6 Å². The molecular weight excluding hydrogens is 192 g/mol. The molecule has 5 heteroatoms. The molecule has 13 heavy (non-hydrogen) atoms. The van der Waals surface area contributed by atoms with Crippen molar-refractivity contribution in [2.45, 2.75) is 0 Å². The second-order valence-corrected chi connectivity index (χ2v) is 3.22. The van der Waals surface area contributed by atoms with Gasteiger partial charge in [0.15, 0.2) is 0 Å². The molecule has 1 aromatic rings. The van der Waals surface area contributed by atoms with Crippen molar-refractivity contribution in [3.05, 3.63) is 33.3 Å². The molecule has 0 aliphatic heterocycles. The van der Waals surface area contributed by atoms with Crippen molar-refractivity contribution in [1.29, 1.82) is 0 Å². The molecule has 0 unspecified atom stereocenters. The van der Waals surface area contributed by atoms with Gasteiger partial charge in [0.25, 0.3) is 5.69 Å². The minimum atomic E-state index is -0.425. The summed E-state index contributed by atoms with van der Waals surface area (Å²) in [4.78, 5) is 11.8. The monoisotopic (exact) mass is 200 g/mol. The average Bonchev–Trinajstić information content (AvgIpc) is 2.03. The van der Waals surface area contributed by atoms with Crippen molar-refractivity contribution in [1.82, 2.24) is 0 Å². The Morgan fingerprint density at radius 1 is 1.46 bits per heavy atom. The maximum atomic E-state index is 10.6. The van der Waals surface area contributed by atoms with E-state index < -0.39 is 4.92 Å². The van der Waals surface area contributed by atoms with E-state index in [9.17, 15) is 10.1 Å². The third-order valence-electron chi connectivity index (χ3n) is 1.62. The minimum Gasteiger partial charge on any atom is -0.372 e. The third-order valence-corrected chi connectivity index (χ3v) is 1.85. The highest BCUT2D eigenvalue weighted by molar-refractivity contribution is 6.31. The second-order valence-electron chi connectivity index (χ2n) is 2.78. The van der Waals surface area contributed by atoms with Crippen LogP contribution in [0.1, 0.15) is 0 Å². The number of rotatable bonds is 2. The average molecular weight is 201 g/mol. The summed E-state index contributed by atoms with van der Waals surface area (Å²) in [5, 5.41) is 11.1. The molecule has 0 bridgehead atoms. The van der Waals surface area contributed by atoms with E-state index in [2.05, 4.69) is 0 Å². The first-order chi connectivity index (χ1) is 6.02. The van der Waals surface area contributed by atoms with E-state index in [4.69, 9.17) is 11.6 Å². The first-order valence-electron chi connectivity index (χ1n) is 3.63. The molecule has 0 aliphatic carbocycles. The van der Waals surface area contributed by atoms with Gasteiger partial charge in [-0.25, -0.2) is 0 Å². The van der Waals surface area contributed by atoms with Crippen LogP contribution in [-0.4, -0.2) is 19.0 Å². The van der Waals surface area contributed by atoms with Crippen LogP contribution in [-0.2, 0) is 0 Å². The van der Waals surface area contributed by atoms with E-state index >= 15 is 0 Å². The Morgan fingerprint density at radius 3 is 2.54 bits per heavy atom. The van der Waals surface area contributed by atoms with Crippen LogP contribution in [0, 0.1) is 10.1 Å². The van der Waals surface area contributed by atoms with Gasteiger partial charge in [-0.3, -0.25) is 10.1 Å². The first-order valence-corrected chi connectivity index (χ1v) is 4.01. The lowest BCUT2D eigenvalue weighted by Gasteiger charge is -2.12. The lowest BCUT2D eigenvalue weighted by Crippen LogP contribution is -2.10. The molecular formula is C8H9ClN2O2. The highest BCUT2D eigenvalue weighted by Crippen LogP contribution is 2.29. The third kappa shape index (κ3) is 2.09. The zero-order valence-corrected chi connectivity index (χ0v) is 8.08. The Bertz CT molecular complexity index is 339. The fourth-order valence-corrected chi connectivity index (χ4v) is 1.18. The van der Waals surface area contributed by atoms with E-state index in [0.29, 0.717) is 10.7 Å². The maximum Gasteiger partial charge on any atom is 0.292 e. The molecule has 0 atom stereocenters. The molecule has 1 rings (SSSR count). The van der Waals surface area contributed by atoms with Gasteiger partial charge in [-0.2, -0.15) is 0 Å². The molecule has 1 aromatic carbocycles. The van der Waals surface area contributed by atoms with E-state index in [1.807, 2.05) is 0 Å². The molecule has 0 saturated heterocycles. The highest BCUT2D eigenvalue weighted by atomic mass is 35.5. The first kappa shape index (κ1) is 9.80. The number of hydrogen-bond acceptors (Lipinski definition) is 3. The highest BCUT2D eigenvalue weighted by Gasteiger charge is 2.14. The summed E-state index contributed by atoms with van der Waals surface area (Å²) in [5.41, 5.74) is 0.576. The van der Waals surface area contributed by atoms with Crippen molar-refractivity contribution in [2.24, 2.45) is 0 Å². The molecule has 0 spiro atoms. The van der Waals surface area contributed by atoms with Crippen LogP contribution < -0.4 is 4.90 Å². The minimum absolute atomic E-state index is 0.0643. The van der Waals surface area contributed by atoms with Crippen molar-refractivity contribution in [2.75, 3.05) is 19.0 Å². The summed E-state index contributed by atoms with van der Waals surface area (Å²) in [6.45, 7) is 0. The standard InChI is InChI=1S/C8H9ClN2O2/c1-10(2)8-5-6(9)3-4-7(8)11(12)13/h3-5H,1-2H3. The molecule has 0 aliphatic rings. The fourth-order valence-electron chi connectivity index (χ4n) is 1.01. The van der Waals surface area contributed by atoms with E-state index in [0.717, 1.165) is 0 Å². The lowest BCUT2D eigenvalue weighted by atomic mass is 10.2. The van der Waals surface area contributed by atoms with Gasteiger partial charge >= 0.3 is 0 Å². The Labute approximate surface area is 80.9 Å². The van der Waals surface area contributed by atoms with Crippen LogP contribution in [0.5, 0.6) is 0 Å². The molecule has 0 saturated carbocycles. The molecule has 0 radical (unpaired) electrons. The number of benzene rings is 1. The SMILES string of the molecule is CN(C)c1cc(Cl)ccc1[N+](=O)[O-]. The number of halogens is 1. The summed E-state index contributed by atoms with van der Waals surface area (Å²) in [5.74, 6) is 0. The summed E-state index contributed by atoms with van der Waals surface area (Å²) < 4.78 is 0. The molecule has 0 heterocycles. The van der Waals surface area contributed by atoms with E-state index in [1.54, 1.807) is 25.1 Å². The van der Waals surface area contributed by atoms with Gasteiger partial charge in [-0.05, 0) is 12.1 Å². The quantitative estimate of drug-likeness (QED) is 0.544. The fraction of sp³-hybridized carbons (Fsp3) is 0.250. The zero-order valence-electron chi connectivity index (χ0n) is 7.32. The predicted octanol–water partition coefficient (Wildman–Crippen LogP) is 2.31. The van der Waals surface area contributed by atoms with Gasteiger partial charge in [0.2, 0.25) is 0 Å². The van der Waals surface area contributed by atoms with Gasteiger partial charge < -0.3 is 4.90 Å². The Balaban J connectivity index is 3.26. The van der Waals surface area contributed by atoms with Crippen LogP contribution in [0.2, 0.25) is 5.02 Å². The number of anilines is 1. The zero-order chi connectivity index (χ0) is 10.0. The van der Waals surface area contributed by atoms with Crippen LogP contribution in [0.25, 0.3) is 0 Å². The molecule has 0 amide bonds. The van der Waals surface area contributed by atoms with Gasteiger partial charge in [0, 0.05) is 25.2 Å². The molecule has 0 aromatic heterocycles. The Kier molecular flexibility index (Phi) is 2.72. The number of hydrogen-bond donors (Lipinski definition) is 0. The normalized spacial score (nSPS) is 9.77. The molecule has 0 fully saturated rings. The lowest BCUT2D eigenvalue weighted by molar-refractivity contribution is -0.384. The molecule has 0 N–H and O–H groups in total. The molecule has 4 nitrogen and oxygen atoms in total. The number of nitro groups is 1. The summed E-state index contributed by atoms with van der Waals surface area (Å²) in [6.07, 6.45) is 0. The Morgan fingerprint density at radius 2 is 2.08 bits per heavy atom. The second kappa shape index (κ2) is 3.62. The van der Waals surface area contributed by atoms with E-state index in [1.165, 1.54) is 12.1 Å². The molecule has 70 valence electrons. The summed E-state index contributed by atoms with van der Waals surface area (Å²) in [7, 11) is 3.47. The summed E-state index contributed by atoms with van der Waals surface area (Å²) in [6, 6.07) is 4.48. The largest absolute Gasteiger partial charge is 0.372 e. The summed E-state index contributed by atoms with van der Waals surface area (Å²) >= 11 is 5.72. The van der Waals surface area contributed by atoms with Crippen molar-refractivity contribution in [3.8, 4) is 0 Å².